The van der Waals surface area contributed by atoms with Gasteiger partial charge in [0, 0.05) is 41.8 Å². The Balaban J connectivity index is 1.96. The number of nitrogens with one attached hydrogen (secondary N) is 2. The molecule has 3 aromatic rings. The lowest BCUT2D eigenvalue weighted by Crippen LogP contribution is -2.24. The third-order valence-corrected chi connectivity index (χ3v) is 5.12. The summed E-state index contributed by atoms with van der Waals surface area (Å²) in [5.74, 6) is 0.841. The number of benzene rings is 1. The van der Waals surface area contributed by atoms with Crippen molar-refractivity contribution in [2.24, 2.45) is 0 Å². The molecule has 2 N–H and O–H groups in total. The number of amides is 1. The molecule has 0 saturated heterocycles. The fourth-order valence-corrected chi connectivity index (χ4v) is 3.49. The third kappa shape index (κ3) is 5.10. The number of carbonyl (C=O) groups excluding carboxylic acids is 1. The van der Waals surface area contributed by atoms with Crippen LogP contribution in [-0.4, -0.2) is 56.4 Å². The maximum Gasteiger partial charge on any atom is 0.276 e. The zero-order valence-corrected chi connectivity index (χ0v) is 19.0. The monoisotopic (exact) mass is 446 g/mol. The van der Waals surface area contributed by atoms with E-state index in [1.54, 1.807) is 19.4 Å². The number of hydrogen-bond donors (Lipinski definition) is 2. The summed E-state index contributed by atoms with van der Waals surface area (Å²) in [6, 6.07) is 7.44. The Labute approximate surface area is 186 Å². The number of methoxy groups -OCH3 is 1. The lowest BCUT2D eigenvalue weighted by Gasteiger charge is -2.20. The number of hydrogen-bond acceptors (Lipinski definition) is 6. The topological polar surface area (TPSA) is 88.7 Å². The molecule has 0 radical (unpaired) electrons. The standard InChI is InChI=1S/C22H27ClN4O4/c1-13(2)31-9-8-27(3)20-7-6-14(22(25-20)29-4)15-10-16-17(21(28)26-30-5)12-24-19(16)11-18(15)23/h6-7,10-13,24H,8-9H2,1-5H3,(H,26,28). The van der Waals surface area contributed by atoms with Crippen LogP contribution < -0.4 is 15.1 Å². The third-order valence-electron chi connectivity index (χ3n) is 4.81. The Bertz CT molecular complexity index is 1070. The summed E-state index contributed by atoms with van der Waals surface area (Å²) in [6.07, 6.45) is 1.80. The van der Waals surface area contributed by atoms with E-state index >= 15 is 0 Å². The first kappa shape index (κ1) is 22.9. The number of fused-ring (bicyclic) bond motifs is 1. The van der Waals surface area contributed by atoms with Crippen LogP contribution in [0.25, 0.3) is 22.0 Å². The molecule has 0 fully saturated rings. The molecule has 0 aliphatic heterocycles. The van der Waals surface area contributed by atoms with E-state index in [1.165, 1.54) is 7.11 Å². The first-order valence-corrected chi connectivity index (χ1v) is 10.3. The summed E-state index contributed by atoms with van der Waals surface area (Å²) in [7, 11) is 4.90. The van der Waals surface area contributed by atoms with Gasteiger partial charge in [-0.1, -0.05) is 11.6 Å². The average molecular weight is 447 g/mol. The summed E-state index contributed by atoms with van der Waals surface area (Å²) in [4.78, 5) is 26.7. The van der Waals surface area contributed by atoms with E-state index in [0.29, 0.717) is 40.6 Å². The Kier molecular flexibility index (Phi) is 7.37. The minimum atomic E-state index is -0.354. The SMILES string of the molecule is CONC(=O)c1c[nH]c2cc(Cl)c(-c3ccc(N(C)CCOC(C)C)nc3OC)cc12. The van der Waals surface area contributed by atoms with Gasteiger partial charge in [0.15, 0.2) is 0 Å². The number of anilines is 1. The summed E-state index contributed by atoms with van der Waals surface area (Å²) in [5, 5.41) is 1.22. The van der Waals surface area contributed by atoms with Gasteiger partial charge in [0.25, 0.3) is 5.91 Å². The van der Waals surface area contributed by atoms with Crippen LogP contribution in [-0.2, 0) is 9.57 Å². The Morgan fingerprint density at radius 1 is 1.26 bits per heavy atom. The second kappa shape index (κ2) is 10.00. The number of nitrogens with zero attached hydrogens (tertiary/aromatic N) is 2. The number of likely N-dealkylation sites (N-methyl/N-ethyl adjacent to an activating group) is 1. The lowest BCUT2D eigenvalue weighted by atomic mass is 10.0. The molecule has 0 aliphatic carbocycles. The zero-order valence-electron chi connectivity index (χ0n) is 18.3. The van der Waals surface area contributed by atoms with Gasteiger partial charge in [-0.15, -0.1) is 0 Å². The van der Waals surface area contributed by atoms with Crippen LogP contribution in [0.3, 0.4) is 0 Å². The van der Waals surface area contributed by atoms with Crippen molar-refractivity contribution >= 4 is 34.2 Å². The second-order valence-electron chi connectivity index (χ2n) is 7.28. The average Bonchev–Trinajstić information content (AvgIpc) is 3.15. The van der Waals surface area contributed by atoms with E-state index in [4.69, 9.17) is 25.9 Å². The second-order valence-corrected chi connectivity index (χ2v) is 7.69. The molecule has 2 heterocycles. The van der Waals surface area contributed by atoms with E-state index in [0.717, 1.165) is 16.9 Å². The lowest BCUT2D eigenvalue weighted by molar-refractivity contribution is 0.0539. The molecule has 166 valence electrons. The van der Waals surface area contributed by atoms with E-state index in [-0.39, 0.29) is 12.0 Å². The fraction of sp³-hybridized carbons (Fsp3) is 0.364. The molecular weight excluding hydrogens is 420 g/mol. The van der Waals surface area contributed by atoms with E-state index in [1.807, 2.05) is 44.0 Å². The van der Waals surface area contributed by atoms with Gasteiger partial charge < -0.3 is 19.4 Å². The van der Waals surface area contributed by atoms with Crippen molar-refractivity contribution in [1.29, 1.82) is 0 Å². The quantitative estimate of drug-likeness (QED) is 0.482. The Hall–Kier alpha value is -2.81. The van der Waals surface area contributed by atoms with Crippen molar-refractivity contribution in [3.63, 3.8) is 0 Å². The first-order valence-electron chi connectivity index (χ1n) is 9.87. The summed E-state index contributed by atoms with van der Waals surface area (Å²) < 4.78 is 11.2. The van der Waals surface area contributed by atoms with Crippen LogP contribution in [0.5, 0.6) is 5.88 Å². The molecule has 0 bridgehead atoms. The number of H-pyrrole nitrogens is 1. The van der Waals surface area contributed by atoms with Crippen LogP contribution >= 0.6 is 11.6 Å². The number of halogens is 1. The number of ether oxygens (including phenoxy) is 2. The molecule has 9 heteroatoms. The van der Waals surface area contributed by atoms with Crippen LogP contribution in [0.4, 0.5) is 5.82 Å². The minimum absolute atomic E-state index is 0.180. The van der Waals surface area contributed by atoms with Crippen molar-refractivity contribution in [2.45, 2.75) is 20.0 Å². The molecular formula is C22H27ClN4O4. The molecule has 0 saturated carbocycles. The smallest absolute Gasteiger partial charge is 0.276 e. The number of aromatic amines is 1. The largest absolute Gasteiger partial charge is 0.480 e. The number of pyridine rings is 1. The van der Waals surface area contributed by atoms with Gasteiger partial charge in [-0.05, 0) is 38.1 Å². The number of hydroxylamine groups is 1. The van der Waals surface area contributed by atoms with Crippen molar-refractivity contribution in [2.75, 3.05) is 39.3 Å². The number of carbonyl (C=O) groups is 1. The first-order chi connectivity index (χ1) is 14.8. The molecule has 0 spiro atoms. The van der Waals surface area contributed by atoms with Crippen molar-refractivity contribution in [3.05, 3.63) is 41.0 Å². The van der Waals surface area contributed by atoms with Crippen LogP contribution in [0.1, 0.15) is 24.2 Å². The van der Waals surface area contributed by atoms with E-state index in [9.17, 15) is 4.79 Å². The Morgan fingerprint density at radius 2 is 2.03 bits per heavy atom. The molecule has 1 aromatic carbocycles. The van der Waals surface area contributed by atoms with Crippen molar-refractivity contribution in [1.82, 2.24) is 15.4 Å². The van der Waals surface area contributed by atoms with Crippen LogP contribution in [0.2, 0.25) is 5.02 Å². The molecule has 1 amide bonds. The van der Waals surface area contributed by atoms with Crippen molar-refractivity contribution < 1.29 is 19.1 Å². The highest BCUT2D eigenvalue weighted by molar-refractivity contribution is 6.34. The van der Waals surface area contributed by atoms with Gasteiger partial charge in [0.05, 0.1) is 37.5 Å². The molecule has 2 aromatic heterocycles. The van der Waals surface area contributed by atoms with E-state index in [2.05, 4.69) is 15.4 Å². The Morgan fingerprint density at radius 3 is 2.71 bits per heavy atom. The molecule has 0 unspecified atom stereocenters. The van der Waals surface area contributed by atoms with Gasteiger partial charge in [-0.25, -0.2) is 5.48 Å². The predicted molar refractivity (Wildman–Crippen MR) is 122 cm³/mol. The zero-order chi connectivity index (χ0) is 22.5. The molecule has 0 atom stereocenters. The normalized spacial score (nSPS) is 11.2. The maximum atomic E-state index is 12.3. The van der Waals surface area contributed by atoms with Gasteiger partial charge in [0.1, 0.15) is 5.82 Å². The van der Waals surface area contributed by atoms with Gasteiger partial charge in [-0.2, -0.15) is 4.98 Å². The summed E-state index contributed by atoms with van der Waals surface area (Å²) in [5.41, 5.74) is 4.96. The van der Waals surface area contributed by atoms with Crippen molar-refractivity contribution in [3.8, 4) is 17.0 Å². The highest BCUT2D eigenvalue weighted by Gasteiger charge is 2.18. The van der Waals surface area contributed by atoms with Gasteiger partial charge >= 0.3 is 0 Å². The van der Waals surface area contributed by atoms with E-state index < -0.39 is 0 Å². The fourth-order valence-electron chi connectivity index (χ4n) is 3.23. The van der Waals surface area contributed by atoms with Gasteiger partial charge in [-0.3, -0.25) is 9.63 Å². The van der Waals surface area contributed by atoms with Gasteiger partial charge in [0.2, 0.25) is 5.88 Å². The number of rotatable bonds is 9. The summed E-state index contributed by atoms with van der Waals surface area (Å²) in [6.45, 7) is 5.31. The number of aromatic nitrogens is 2. The molecule has 8 nitrogen and oxygen atoms in total. The predicted octanol–water partition coefficient (Wildman–Crippen LogP) is 4.04. The van der Waals surface area contributed by atoms with Crippen LogP contribution in [0, 0.1) is 0 Å². The highest BCUT2D eigenvalue weighted by atomic mass is 35.5. The summed E-state index contributed by atoms with van der Waals surface area (Å²) >= 11 is 6.56. The minimum Gasteiger partial charge on any atom is -0.480 e. The highest BCUT2D eigenvalue weighted by Crippen LogP contribution is 2.38. The maximum absolute atomic E-state index is 12.3. The molecule has 3 rings (SSSR count). The molecule has 0 aliphatic rings. The molecule has 31 heavy (non-hydrogen) atoms. The van der Waals surface area contributed by atoms with Crippen LogP contribution in [0.15, 0.2) is 30.5 Å².